The van der Waals surface area contributed by atoms with E-state index in [9.17, 15) is 0 Å². The minimum Gasteiger partial charge on any atom is -0.396 e. The summed E-state index contributed by atoms with van der Waals surface area (Å²) in [5, 5.41) is 1.65. The summed E-state index contributed by atoms with van der Waals surface area (Å²) in [7, 11) is 0. The van der Waals surface area contributed by atoms with E-state index in [0.717, 1.165) is 10.1 Å². The van der Waals surface area contributed by atoms with Crippen LogP contribution in [0.2, 0.25) is 9.36 Å². The molecule has 0 saturated heterocycles. The zero-order valence-electron chi connectivity index (χ0n) is 5.97. The first-order chi connectivity index (χ1) is 5.70. The van der Waals surface area contributed by atoms with E-state index >= 15 is 0 Å². The Kier molecular flexibility index (Phi) is 1.91. The van der Waals surface area contributed by atoms with E-state index in [0.29, 0.717) is 15.0 Å². The second-order valence-electron chi connectivity index (χ2n) is 2.41. The second kappa shape index (κ2) is 2.80. The van der Waals surface area contributed by atoms with Crippen LogP contribution in [-0.2, 0) is 0 Å². The van der Waals surface area contributed by atoms with E-state index in [-0.39, 0.29) is 0 Å². The standard InChI is InChI=1S/C8H5Cl2NS/c9-5-3-1-2-4-6(11)8(10)12-7(4)5/h1-3H,11H2. The summed E-state index contributed by atoms with van der Waals surface area (Å²) in [6.07, 6.45) is 0. The zero-order valence-corrected chi connectivity index (χ0v) is 8.30. The fourth-order valence-electron chi connectivity index (χ4n) is 1.08. The molecule has 62 valence electrons. The number of nitrogens with two attached hydrogens (primary N) is 1. The van der Waals surface area contributed by atoms with E-state index in [1.54, 1.807) is 0 Å². The number of nitrogen functional groups attached to an aromatic ring is 1. The van der Waals surface area contributed by atoms with Gasteiger partial charge in [0, 0.05) is 5.39 Å². The van der Waals surface area contributed by atoms with Crippen molar-refractivity contribution in [1.82, 2.24) is 0 Å². The molecule has 0 aliphatic rings. The first-order valence-electron chi connectivity index (χ1n) is 3.32. The number of benzene rings is 1. The predicted octanol–water partition coefficient (Wildman–Crippen LogP) is 3.79. The highest BCUT2D eigenvalue weighted by molar-refractivity contribution is 7.24. The molecule has 2 rings (SSSR count). The molecule has 0 spiro atoms. The molecule has 2 N–H and O–H groups in total. The highest BCUT2D eigenvalue weighted by Gasteiger charge is 2.08. The number of thiophene rings is 1. The smallest absolute Gasteiger partial charge is 0.117 e. The van der Waals surface area contributed by atoms with Gasteiger partial charge in [-0.15, -0.1) is 11.3 Å². The third-order valence-corrected chi connectivity index (χ3v) is 3.57. The highest BCUT2D eigenvalue weighted by atomic mass is 35.5. The van der Waals surface area contributed by atoms with Crippen molar-refractivity contribution in [3.63, 3.8) is 0 Å². The van der Waals surface area contributed by atoms with Crippen LogP contribution in [0.25, 0.3) is 10.1 Å². The van der Waals surface area contributed by atoms with Crippen LogP contribution >= 0.6 is 34.5 Å². The molecule has 1 aromatic heterocycles. The lowest BCUT2D eigenvalue weighted by Gasteiger charge is -1.91. The van der Waals surface area contributed by atoms with Gasteiger partial charge in [0.1, 0.15) is 4.34 Å². The molecular weight excluding hydrogens is 213 g/mol. The van der Waals surface area contributed by atoms with Crippen molar-refractivity contribution in [2.24, 2.45) is 0 Å². The van der Waals surface area contributed by atoms with Gasteiger partial charge in [0.05, 0.1) is 15.4 Å². The van der Waals surface area contributed by atoms with E-state index in [1.165, 1.54) is 11.3 Å². The van der Waals surface area contributed by atoms with Gasteiger partial charge in [0.25, 0.3) is 0 Å². The third kappa shape index (κ3) is 1.07. The van der Waals surface area contributed by atoms with Crippen LogP contribution in [0.15, 0.2) is 18.2 Å². The molecular formula is C8H5Cl2NS. The maximum Gasteiger partial charge on any atom is 0.117 e. The Labute approximate surface area is 83.7 Å². The minimum atomic E-state index is 0.609. The maximum absolute atomic E-state index is 5.94. The van der Waals surface area contributed by atoms with Crippen molar-refractivity contribution in [1.29, 1.82) is 0 Å². The molecule has 4 heteroatoms. The monoisotopic (exact) mass is 217 g/mol. The van der Waals surface area contributed by atoms with Gasteiger partial charge in [0.2, 0.25) is 0 Å². The SMILES string of the molecule is Nc1c(Cl)sc2c(Cl)cccc12. The molecule has 0 fully saturated rings. The molecule has 0 unspecified atom stereocenters. The summed E-state index contributed by atoms with van der Waals surface area (Å²) >= 11 is 13.2. The largest absolute Gasteiger partial charge is 0.396 e. The predicted molar refractivity (Wildman–Crippen MR) is 56.3 cm³/mol. The lowest BCUT2D eigenvalue weighted by atomic mass is 10.2. The van der Waals surface area contributed by atoms with Gasteiger partial charge in [-0.2, -0.15) is 0 Å². The van der Waals surface area contributed by atoms with Crippen molar-refractivity contribution in [3.8, 4) is 0 Å². The van der Waals surface area contributed by atoms with Crippen LogP contribution < -0.4 is 5.73 Å². The van der Waals surface area contributed by atoms with Gasteiger partial charge in [-0.3, -0.25) is 0 Å². The van der Waals surface area contributed by atoms with Crippen molar-refractivity contribution >= 4 is 50.3 Å². The van der Waals surface area contributed by atoms with Crippen LogP contribution in [0.1, 0.15) is 0 Å². The topological polar surface area (TPSA) is 26.0 Å². The van der Waals surface area contributed by atoms with Crippen LogP contribution in [0.3, 0.4) is 0 Å². The first kappa shape index (κ1) is 8.17. The fourth-order valence-corrected chi connectivity index (χ4v) is 2.55. The quantitative estimate of drug-likeness (QED) is 0.715. The summed E-state index contributed by atoms with van der Waals surface area (Å²) in [5.41, 5.74) is 6.35. The Morgan fingerprint density at radius 2 is 2.00 bits per heavy atom. The number of hydrogen-bond acceptors (Lipinski definition) is 2. The van der Waals surface area contributed by atoms with E-state index in [1.807, 2.05) is 18.2 Å². The van der Waals surface area contributed by atoms with Crippen LogP contribution in [0, 0.1) is 0 Å². The Morgan fingerprint density at radius 3 is 2.67 bits per heavy atom. The minimum absolute atomic E-state index is 0.609. The molecule has 1 nitrogen and oxygen atoms in total. The Hall–Kier alpha value is -0.440. The van der Waals surface area contributed by atoms with Gasteiger partial charge in [-0.05, 0) is 6.07 Å². The molecule has 1 aromatic carbocycles. The summed E-state index contributed by atoms with van der Waals surface area (Å²) in [6, 6.07) is 5.61. The number of rotatable bonds is 0. The van der Waals surface area contributed by atoms with Gasteiger partial charge in [-0.1, -0.05) is 35.3 Å². The summed E-state index contributed by atoms with van der Waals surface area (Å²) in [4.78, 5) is 0. The fraction of sp³-hybridized carbons (Fsp3) is 0. The molecule has 2 aromatic rings. The number of hydrogen-bond donors (Lipinski definition) is 1. The summed E-state index contributed by atoms with van der Waals surface area (Å²) < 4.78 is 1.57. The average Bonchev–Trinajstić information content (AvgIpc) is 2.32. The van der Waals surface area contributed by atoms with Gasteiger partial charge < -0.3 is 5.73 Å². The summed E-state index contributed by atoms with van der Waals surface area (Å²) in [5.74, 6) is 0. The average molecular weight is 218 g/mol. The lowest BCUT2D eigenvalue weighted by molar-refractivity contribution is 1.83. The molecule has 1 heterocycles. The molecule has 12 heavy (non-hydrogen) atoms. The van der Waals surface area contributed by atoms with Crippen molar-refractivity contribution in [2.75, 3.05) is 5.73 Å². The second-order valence-corrected chi connectivity index (χ2v) is 4.44. The van der Waals surface area contributed by atoms with Crippen LogP contribution in [-0.4, -0.2) is 0 Å². The molecule has 0 atom stereocenters. The van der Waals surface area contributed by atoms with E-state index < -0.39 is 0 Å². The van der Waals surface area contributed by atoms with E-state index in [2.05, 4.69) is 0 Å². The normalized spacial score (nSPS) is 10.8. The number of anilines is 1. The Bertz CT molecular complexity index is 436. The first-order valence-corrected chi connectivity index (χ1v) is 4.89. The number of fused-ring (bicyclic) bond motifs is 1. The third-order valence-electron chi connectivity index (χ3n) is 1.66. The van der Waals surface area contributed by atoms with E-state index in [4.69, 9.17) is 28.9 Å². The molecule has 0 radical (unpaired) electrons. The molecule has 0 bridgehead atoms. The van der Waals surface area contributed by atoms with Crippen molar-refractivity contribution in [2.45, 2.75) is 0 Å². The Morgan fingerprint density at radius 1 is 1.25 bits per heavy atom. The Balaban J connectivity index is 2.95. The van der Waals surface area contributed by atoms with Crippen molar-refractivity contribution < 1.29 is 0 Å². The molecule has 0 aliphatic carbocycles. The maximum atomic E-state index is 5.94. The van der Waals surface area contributed by atoms with Gasteiger partial charge in [-0.25, -0.2) is 0 Å². The summed E-state index contributed by atoms with van der Waals surface area (Å²) in [6.45, 7) is 0. The van der Waals surface area contributed by atoms with Crippen LogP contribution in [0.4, 0.5) is 5.69 Å². The van der Waals surface area contributed by atoms with Crippen LogP contribution in [0.5, 0.6) is 0 Å². The number of halogens is 2. The highest BCUT2D eigenvalue weighted by Crippen LogP contribution is 2.40. The van der Waals surface area contributed by atoms with Gasteiger partial charge in [0.15, 0.2) is 0 Å². The zero-order chi connectivity index (χ0) is 8.72. The van der Waals surface area contributed by atoms with Crippen molar-refractivity contribution in [3.05, 3.63) is 27.6 Å². The lowest BCUT2D eigenvalue weighted by Crippen LogP contribution is -1.80. The molecule has 0 aliphatic heterocycles. The van der Waals surface area contributed by atoms with Gasteiger partial charge >= 0.3 is 0 Å². The molecule has 0 amide bonds. The molecule has 0 saturated carbocycles.